The predicted octanol–water partition coefficient (Wildman–Crippen LogP) is 1.86. The second kappa shape index (κ2) is 8.91. The second-order valence-corrected chi connectivity index (χ2v) is 4.48. The van der Waals surface area contributed by atoms with Crippen LogP contribution in [0.25, 0.3) is 0 Å². The highest BCUT2D eigenvalue weighted by atomic mass is 16.6. The van der Waals surface area contributed by atoms with E-state index in [4.69, 9.17) is 9.47 Å². The van der Waals surface area contributed by atoms with E-state index in [9.17, 15) is 14.9 Å². The number of rotatable bonds is 9. The van der Waals surface area contributed by atoms with Crippen molar-refractivity contribution in [2.75, 3.05) is 33.9 Å². The molecule has 7 nitrogen and oxygen atoms in total. The Morgan fingerprint density at radius 2 is 2.05 bits per heavy atom. The first-order valence-electron chi connectivity index (χ1n) is 6.65. The number of benzene rings is 1. The molecule has 0 saturated carbocycles. The van der Waals surface area contributed by atoms with Crippen molar-refractivity contribution in [3.05, 3.63) is 34.4 Å². The number of carbonyl (C=O) groups is 1. The summed E-state index contributed by atoms with van der Waals surface area (Å²) in [7, 11) is 3.32. The molecule has 0 saturated heterocycles. The van der Waals surface area contributed by atoms with Crippen LogP contribution >= 0.6 is 0 Å². The minimum atomic E-state index is -0.506. The summed E-state index contributed by atoms with van der Waals surface area (Å²) in [4.78, 5) is 23.7. The first kappa shape index (κ1) is 16.9. The van der Waals surface area contributed by atoms with Gasteiger partial charge in [-0.15, -0.1) is 0 Å². The van der Waals surface area contributed by atoms with Crippen LogP contribution < -0.4 is 4.74 Å². The Kier molecular flexibility index (Phi) is 7.17. The number of hydrogen-bond acceptors (Lipinski definition) is 5. The van der Waals surface area contributed by atoms with Gasteiger partial charge in [-0.25, -0.2) is 0 Å². The molecule has 0 fully saturated rings. The van der Waals surface area contributed by atoms with Gasteiger partial charge in [0.15, 0.2) is 5.75 Å². The average Bonchev–Trinajstić information content (AvgIpc) is 2.47. The molecule has 7 heteroatoms. The molecule has 0 aromatic heterocycles. The molecule has 0 atom stereocenters. The third-order valence-electron chi connectivity index (χ3n) is 2.90. The van der Waals surface area contributed by atoms with Gasteiger partial charge in [-0.1, -0.05) is 12.1 Å². The lowest BCUT2D eigenvalue weighted by atomic mass is 10.3. The number of para-hydroxylation sites is 2. The van der Waals surface area contributed by atoms with Gasteiger partial charge in [0.05, 0.1) is 18.0 Å². The molecule has 0 radical (unpaired) electrons. The van der Waals surface area contributed by atoms with Gasteiger partial charge in [-0.2, -0.15) is 0 Å². The highest BCUT2D eigenvalue weighted by Gasteiger charge is 2.14. The van der Waals surface area contributed by atoms with E-state index in [1.165, 1.54) is 12.1 Å². The Hall–Kier alpha value is -2.15. The number of nitro groups is 1. The third kappa shape index (κ3) is 5.78. The monoisotopic (exact) mass is 296 g/mol. The molecular weight excluding hydrogens is 276 g/mol. The average molecular weight is 296 g/mol. The zero-order chi connectivity index (χ0) is 15.7. The molecule has 1 rings (SSSR count). The maximum Gasteiger partial charge on any atom is 0.310 e. The molecule has 0 bridgehead atoms. The normalized spacial score (nSPS) is 10.2. The fourth-order valence-corrected chi connectivity index (χ4v) is 1.74. The molecule has 21 heavy (non-hydrogen) atoms. The largest absolute Gasteiger partial charge is 0.486 e. The van der Waals surface area contributed by atoms with Gasteiger partial charge in [0.25, 0.3) is 0 Å². The molecule has 1 aromatic carbocycles. The minimum absolute atomic E-state index is 0.0651. The van der Waals surface area contributed by atoms with Crippen molar-refractivity contribution in [3.63, 3.8) is 0 Å². The van der Waals surface area contributed by atoms with Crippen molar-refractivity contribution < 1.29 is 19.2 Å². The van der Waals surface area contributed by atoms with Gasteiger partial charge in [0.2, 0.25) is 5.91 Å². The molecule has 1 amide bonds. The van der Waals surface area contributed by atoms with Crippen LogP contribution in [0.2, 0.25) is 0 Å². The van der Waals surface area contributed by atoms with Crippen LogP contribution in [0.5, 0.6) is 5.75 Å². The quantitative estimate of drug-likeness (QED) is 0.394. The molecule has 0 aliphatic rings. The highest BCUT2D eigenvalue weighted by Crippen LogP contribution is 2.25. The Balaban J connectivity index is 2.39. The summed E-state index contributed by atoms with van der Waals surface area (Å²) >= 11 is 0. The Labute approximate surface area is 123 Å². The van der Waals surface area contributed by atoms with Crippen molar-refractivity contribution in [2.24, 2.45) is 0 Å². The van der Waals surface area contributed by atoms with Crippen LogP contribution in [0.3, 0.4) is 0 Å². The van der Waals surface area contributed by atoms with E-state index in [-0.39, 0.29) is 30.4 Å². The molecule has 116 valence electrons. The Morgan fingerprint density at radius 3 is 2.71 bits per heavy atom. The van der Waals surface area contributed by atoms with Crippen molar-refractivity contribution in [3.8, 4) is 5.75 Å². The minimum Gasteiger partial charge on any atom is -0.486 e. The summed E-state index contributed by atoms with van der Waals surface area (Å²) in [6.45, 7) is 1.32. The van der Waals surface area contributed by atoms with Gasteiger partial charge < -0.3 is 14.4 Å². The van der Waals surface area contributed by atoms with E-state index in [0.717, 1.165) is 6.42 Å². The van der Waals surface area contributed by atoms with Gasteiger partial charge in [-0.05, 0) is 12.5 Å². The number of methoxy groups -OCH3 is 1. The van der Waals surface area contributed by atoms with Gasteiger partial charge in [0, 0.05) is 33.4 Å². The molecular formula is C14H20N2O5. The summed E-state index contributed by atoms with van der Waals surface area (Å²) in [5.74, 6) is 0.113. The van der Waals surface area contributed by atoms with Crippen LogP contribution in [-0.2, 0) is 9.53 Å². The summed E-state index contributed by atoms with van der Waals surface area (Å²) < 4.78 is 10.3. The molecule has 0 N–H and O–H groups in total. The number of carbonyl (C=O) groups excluding carboxylic acids is 1. The third-order valence-corrected chi connectivity index (χ3v) is 2.90. The summed E-state index contributed by atoms with van der Waals surface area (Å²) in [5.41, 5.74) is -0.0987. The zero-order valence-electron chi connectivity index (χ0n) is 12.3. The fraction of sp³-hybridized carbons (Fsp3) is 0.500. The van der Waals surface area contributed by atoms with Crippen LogP contribution in [0.1, 0.15) is 12.8 Å². The van der Waals surface area contributed by atoms with Gasteiger partial charge >= 0.3 is 5.69 Å². The first-order chi connectivity index (χ1) is 10.1. The van der Waals surface area contributed by atoms with Crippen molar-refractivity contribution in [2.45, 2.75) is 12.8 Å². The van der Waals surface area contributed by atoms with E-state index in [2.05, 4.69) is 0 Å². The maximum atomic E-state index is 11.8. The van der Waals surface area contributed by atoms with Gasteiger partial charge in [0.1, 0.15) is 0 Å². The number of ether oxygens (including phenoxy) is 2. The lowest BCUT2D eigenvalue weighted by Gasteiger charge is -2.17. The van der Waals surface area contributed by atoms with Crippen molar-refractivity contribution >= 4 is 11.6 Å². The van der Waals surface area contributed by atoms with Crippen LogP contribution in [-0.4, -0.2) is 49.6 Å². The number of nitro benzene ring substituents is 1. The first-order valence-corrected chi connectivity index (χ1v) is 6.65. The van der Waals surface area contributed by atoms with E-state index in [0.29, 0.717) is 13.2 Å². The van der Waals surface area contributed by atoms with Crippen LogP contribution in [0, 0.1) is 10.1 Å². The predicted molar refractivity (Wildman–Crippen MR) is 77.3 cm³/mol. The van der Waals surface area contributed by atoms with E-state index < -0.39 is 4.92 Å². The van der Waals surface area contributed by atoms with E-state index in [1.807, 2.05) is 0 Å². The molecule has 0 heterocycles. The summed E-state index contributed by atoms with van der Waals surface area (Å²) in [5, 5.41) is 10.8. The fourth-order valence-electron chi connectivity index (χ4n) is 1.74. The molecule has 0 unspecified atom stereocenters. The molecule has 0 aliphatic heterocycles. The number of amides is 1. The topological polar surface area (TPSA) is 81.9 Å². The summed E-state index contributed by atoms with van der Waals surface area (Å²) in [6.07, 6.45) is 0.944. The van der Waals surface area contributed by atoms with Gasteiger partial charge in [-0.3, -0.25) is 14.9 Å². The summed E-state index contributed by atoms with van der Waals surface area (Å²) in [6, 6.07) is 6.11. The zero-order valence-corrected chi connectivity index (χ0v) is 12.3. The smallest absolute Gasteiger partial charge is 0.310 e. The van der Waals surface area contributed by atoms with E-state index in [1.54, 1.807) is 31.2 Å². The lowest BCUT2D eigenvalue weighted by molar-refractivity contribution is -0.385. The SMILES string of the molecule is COCCCN(C)C(=O)CCOc1ccccc1[N+](=O)[O-]. The second-order valence-electron chi connectivity index (χ2n) is 4.48. The Morgan fingerprint density at radius 1 is 1.33 bits per heavy atom. The van der Waals surface area contributed by atoms with Crippen molar-refractivity contribution in [1.82, 2.24) is 4.90 Å². The van der Waals surface area contributed by atoms with Crippen LogP contribution in [0.15, 0.2) is 24.3 Å². The molecule has 1 aromatic rings. The van der Waals surface area contributed by atoms with E-state index >= 15 is 0 Å². The number of nitrogens with zero attached hydrogens (tertiary/aromatic N) is 2. The highest BCUT2D eigenvalue weighted by molar-refractivity contribution is 5.75. The van der Waals surface area contributed by atoms with Crippen LogP contribution in [0.4, 0.5) is 5.69 Å². The maximum absolute atomic E-state index is 11.8. The standard InChI is InChI=1S/C14H20N2O5/c1-15(9-5-10-20-2)14(17)8-11-21-13-7-4-3-6-12(13)16(18)19/h3-4,6-7H,5,8-11H2,1-2H3. The van der Waals surface area contributed by atoms with Crippen molar-refractivity contribution in [1.29, 1.82) is 0 Å². The molecule has 0 aliphatic carbocycles. The number of hydrogen-bond donors (Lipinski definition) is 0. The Bertz CT molecular complexity index is 478. The molecule has 0 spiro atoms. The lowest BCUT2D eigenvalue weighted by Crippen LogP contribution is -2.29.